The van der Waals surface area contributed by atoms with Crippen LogP contribution in [0.5, 0.6) is 5.75 Å². The summed E-state index contributed by atoms with van der Waals surface area (Å²) in [5.41, 5.74) is 3.06. The largest absolute Gasteiger partial charge is 0.477 e. The zero-order valence-corrected chi connectivity index (χ0v) is 14.5. The molecule has 0 aliphatic carbocycles. The molecule has 0 aromatic heterocycles. The van der Waals surface area contributed by atoms with Crippen LogP contribution in [-0.4, -0.2) is 23.7 Å². The lowest BCUT2D eigenvalue weighted by Gasteiger charge is -2.05. The van der Waals surface area contributed by atoms with Crippen LogP contribution in [0.2, 0.25) is 0 Å². The lowest BCUT2D eigenvalue weighted by molar-refractivity contribution is -0.385. The fourth-order valence-electron chi connectivity index (χ4n) is 1.82. The summed E-state index contributed by atoms with van der Waals surface area (Å²) in [6, 6.07) is 15.4. The molecule has 8 heteroatoms. The molecule has 7 nitrogen and oxygen atoms in total. The zero-order valence-electron chi connectivity index (χ0n) is 13.0. The van der Waals surface area contributed by atoms with Gasteiger partial charge >= 0.3 is 5.69 Å². The fraction of sp³-hybridized carbons (Fsp3) is 0.0588. The molecule has 2 aromatic carbocycles. The Labute approximate surface area is 152 Å². The highest BCUT2D eigenvalue weighted by atomic mass is 79.9. The van der Waals surface area contributed by atoms with Crippen LogP contribution in [0.4, 0.5) is 5.69 Å². The molecule has 0 spiro atoms. The molecular weight excluding hydrogens is 390 g/mol. The van der Waals surface area contributed by atoms with Crippen LogP contribution in [0, 0.1) is 10.1 Å². The van der Waals surface area contributed by atoms with Gasteiger partial charge in [0, 0.05) is 10.5 Å². The summed E-state index contributed by atoms with van der Waals surface area (Å²) in [6.07, 6.45) is 3.26. The van der Waals surface area contributed by atoms with Gasteiger partial charge in [0.1, 0.15) is 0 Å². The molecule has 0 atom stereocenters. The Kier molecular flexibility index (Phi) is 6.85. The third-order valence-corrected chi connectivity index (χ3v) is 3.34. The highest BCUT2D eigenvalue weighted by Crippen LogP contribution is 2.25. The van der Waals surface area contributed by atoms with E-state index in [2.05, 4.69) is 26.5 Å². The third-order valence-electron chi connectivity index (χ3n) is 2.90. The predicted molar refractivity (Wildman–Crippen MR) is 98.6 cm³/mol. The summed E-state index contributed by atoms with van der Waals surface area (Å²) in [4.78, 5) is 22.0. The maximum absolute atomic E-state index is 11.7. The standard InChI is InChI=1S/C17H14BrN3O4/c18-14(10-13-6-2-1-3-7-13)11-19-20-17(22)12-25-16-9-5-4-8-15(16)21(23)24/h1-11H,12H2,(H,20,22)/b14-10+,19-11?. The number of nitro benzene ring substituents is 1. The average Bonchev–Trinajstić information content (AvgIpc) is 2.61. The molecule has 2 aromatic rings. The van der Waals surface area contributed by atoms with Crippen LogP contribution in [0.3, 0.4) is 0 Å². The van der Waals surface area contributed by atoms with Crippen molar-refractivity contribution >= 4 is 39.8 Å². The van der Waals surface area contributed by atoms with E-state index in [-0.39, 0.29) is 18.0 Å². The minimum Gasteiger partial charge on any atom is -0.477 e. The second-order valence-corrected chi connectivity index (χ2v) is 5.66. The number of hydrogen-bond acceptors (Lipinski definition) is 5. The van der Waals surface area contributed by atoms with Crippen molar-refractivity contribution < 1.29 is 14.5 Å². The van der Waals surface area contributed by atoms with E-state index in [0.29, 0.717) is 4.48 Å². The van der Waals surface area contributed by atoms with Crippen molar-refractivity contribution in [3.05, 3.63) is 74.8 Å². The molecule has 0 saturated carbocycles. The zero-order chi connectivity index (χ0) is 18.1. The topological polar surface area (TPSA) is 93.8 Å². The summed E-state index contributed by atoms with van der Waals surface area (Å²) >= 11 is 3.32. The normalized spacial score (nSPS) is 11.3. The summed E-state index contributed by atoms with van der Waals surface area (Å²) in [5.74, 6) is -0.508. The van der Waals surface area contributed by atoms with Crippen LogP contribution >= 0.6 is 15.9 Å². The summed E-state index contributed by atoms with van der Waals surface area (Å²) in [5, 5.41) is 14.6. The van der Waals surface area contributed by atoms with E-state index < -0.39 is 10.8 Å². The van der Waals surface area contributed by atoms with Crippen LogP contribution in [-0.2, 0) is 4.79 Å². The smallest absolute Gasteiger partial charge is 0.310 e. The minimum absolute atomic E-state index is 0.0248. The molecule has 0 aliphatic heterocycles. The van der Waals surface area contributed by atoms with Gasteiger partial charge in [-0.1, -0.05) is 42.5 Å². The van der Waals surface area contributed by atoms with Gasteiger partial charge in [-0.15, -0.1) is 0 Å². The number of nitro groups is 1. The Morgan fingerprint density at radius 3 is 2.60 bits per heavy atom. The Morgan fingerprint density at radius 2 is 1.88 bits per heavy atom. The SMILES string of the molecule is O=C(COc1ccccc1[N+](=O)[O-])NN=C/C(Br)=C\c1ccccc1. The lowest BCUT2D eigenvalue weighted by atomic mass is 10.2. The molecule has 2 rings (SSSR count). The van der Waals surface area contributed by atoms with E-state index in [4.69, 9.17) is 4.74 Å². The molecule has 0 aliphatic rings. The first kappa shape index (κ1) is 18.3. The van der Waals surface area contributed by atoms with Crippen molar-refractivity contribution in [3.63, 3.8) is 0 Å². The van der Waals surface area contributed by atoms with Gasteiger partial charge < -0.3 is 4.74 Å². The van der Waals surface area contributed by atoms with Gasteiger partial charge in [0.2, 0.25) is 0 Å². The average molecular weight is 404 g/mol. The Morgan fingerprint density at radius 1 is 1.20 bits per heavy atom. The number of hydrogen-bond donors (Lipinski definition) is 1. The molecule has 0 bridgehead atoms. The number of allylic oxidation sites excluding steroid dienone is 1. The Bertz CT molecular complexity index is 807. The first-order valence-electron chi connectivity index (χ1n) is 7.16. The molecule has 25 heavy (non-hydrogen) atoms. The first-order chi connectivity index (χ1) is 12.1. The number of halogens is 1. The number of nitrogens with zero attached hydrogens (tertiary/aromatic N) is 2. The van der Waals surface area contributed by atoms with Crippen LogP contribution in [0.15, 0.2) is 64.2 Å². The van der Waals surface area contributed by atoms with Gasteiger partial charge in [0.15, 0.2) is 12.4 Å². The molecular formula is C17H14BrN3O4. The molecule has 0 saturated heterocycles. The van der Waals surface area contributed by atoms with E-state index in [9.17, 15) is 14.9 Å². The number of carbonyl (C=O) groups is 1. The Balaban J connectivity index is 1.85. The molecule has 0 unspecified atom stereocenters. The maximum Gasteiger partial charge on any atom is 0.310 e. The van der Waals surface area contributed by atoms with Gasteiger partial charge in [-0.2, -0.15) is 5.10 Å². The number of benzene rings is 2. The maximum atomic E-state index is 11.7. The molecule has 0 fully saturated rings. The van der Waals surface area contributed by atoms with Crippen molar-refractivity contribution in [2.45, 2.75) is 0 Å². The fourth-order valence-corrected chi connectivity index (χ4v) is 2.18. The van der Waals surface area contributed by atoms with Crippen molar-refractivity contribution in [3.8, 4) is 5.75 Å². The number of carbonyl (C=O) groups excluding carboxylic acids is 1. The van der Waals surface area contributed by atoms with E-state index in [1.807, 2.05) is 36.4 Å². The quantitative estimate of drug-likeness (QED) is 0.434. The van der Waals surface area contributed by atoms with Gasteiger partial charge in [-0.3, -0.25) is 14.9 Å². The van der Waals surface area contributed by atoms with Crippen molar-refractivity contribution in [1.29, 1.82) is 0 Å². The molecule has 128 valence electrons. The minimum atomic E-state index is -0.573. The van der Waals surface area contributed by atoms with Crippen LogP contribution < -0.4 is 10.2 Å². The van der Waals surface area contributed by atoms with Gasteiger partial charge in [-0.25, -0.2) is 5.43 Å². The van der Waals surface area contributed by atoms with E-state index in [1.165, 1.54) is 24.4 Å². The summed E-state index contributed by atoms with van der Waals surface area (Å²) < 4.78 is 5.82. The number of hydrazone groups is 1. The Hall–Kier alpha value is -3.00. The highest BCUT2D eigenvalue weighted by Gasteiger charge is 2.14. The van der Waals surface area contributed by atoms with Gasteiger partial charge in [0.05, 0.1) is 11.1 Å². The number of ether oxygens (including phenoxy) is 1. The van der Waals surface area contributed by atoms with Crippen molar-refractivity contribution in [2.75, 3.05) is 6.61 Å². The van der Waals surface area contributed by atoms with E-state index in [1.54, 1.807) is 6.07 Å². The second-order valence-electron chi connectivity index (χ2n) is 4.75. The predicted octanol–water partition coefficient (Wildman–Crippen LogP) is 3.51. The van der Waals surface area contributed by atoms with Crippen molar-refractivity contribution in [2.24, 2.45) is 5.10 Å². The van der Waals surface area contributed by atoms with E-state index >= 15 is 0 Å². The molecule has 0 radical (unpaired) electrons. The van der Waals surface area contributed by atoms with Crippen LogP contribution in [0.25, 0.3) is 6.08 Å². The highest BCUT2D eigenvalue weighted by molar-refractivity contribution is 9.12. The van der Waals surface area contributed by atoms with Crippen LogP contribution in [0.1, 0.15) is 5.56 Å². The number of rotatable bonds is 7. The molecule has 1 N–H and O–H groups in total. The number of amides is 1. The number of nitrogens with one attached hydrogen (secondary N) is 1. The van der Waals surface area contributed by atoms with E-state index in [0.717, 1.165) is 5.56 Å². The second kappa shape index (κ2) is 9.33. The summed E-state index contributed by atoms with van der Waals surface area (Å²) in [6.45, 7) is -0.387. The molecule has 1 amide bonds. The monoisotopic (exact) mass is 403 g/mol. The first-order valence-corrected chi connectivity index (χ1v) is 7.96. The number of para-hydroxylation sites is 2. The third kappa shape index (κ3) is 6.19. The van der Waals surface area contributed by atoms with Gasteiger partial charge in [0.25, 0.3) is 5.91 Å². The summed E-state index contributed by atoms with van der Waals surface area (Å²) in [7, 11) is 0. The lowest BCUT2D eigenvalue weighted by Crippen LogP contribution is -2.24. The van der Waals surface area contributed by atoms with Crippen molar-refractivity contribution in [1.82, 2.24) is 5.43 Å². The molecule has 0 heterocycles. The van der Waals surface area contributed by atoms with Gasteiger partial charge in [-0.05, 0) is 33.6 Å².